The molecule has 0 saturated heterocycles. The van der Waals surface area contributed by atoms with E-state index in [-0.39, 0.29) is 10.8 Å². The normalized spacial score (nSPS) is 26.9. The van der Waals surface area contributed by atoms with Gasteiger partial charge in [0.15, 0.2) is 0 Å². The molecule has 0 amide bonds. The summed E-state index contributed by atoms with van der Waals surface area (Å²) in [6.07, 6.45) is 1.10. The molecule has 2 aromatic rings. The first-order valence-electron chi connectivity index (χ1n) is 8.82. The maximum atomic E-state index is 6.13. The Kier molecular flexibility index (Phi) is 3.15. The van der Waals surface area contributed by atoms with E-state index in [0.717, 1.165) is 35.6 Å². The maximum absolute atomic E-state index is 6.13. The zero-order chi connectivity index (χ0) is 17.1. The summed E-state index contributed by atoms with van der Waals surface area (Å²) in [4.78, 5) is 0. The molecular formula is C21H27N3. The fraction of sp³-hybridized carbons (Fsp3) is 0.429. The fourth-order valence-corrected chi connectivity index (χ4v) is 4.59. The Hall–Kier alpha value is -2.16. The smallest absolute Gasteiger partial charge is 0.0599 e. The highest BCUT2D eigenvalue weighted by atomic mass is 15.1. The van der Waals surface area contributed by atoms with Gasteiger partial charge in [0.2, 0.25) is 0 Å². The first kappa shape index (κ1) is 15.4. The van der Waals surface area contributed by atoms with Crippen molar-refractivity contribution in [1.29, 1.82) is 0 Å². The van der Waals surface area contributed by atoms with E-state index in [2.05, 4.69) is 74.7 Å². The zero-order valence-electron chi connectivity index (χ0n) is 15.0. The molecule has 1 aliphatic heterocycles. The van der Waals surface area contributed by atoms with Crippen LogP contribution in [-0.4, -0.2) is 12.6 Å². The lowest BCUT2D eigenvalue weighted by molar-refractivity contribution is 0.165. The lowest BCUT2D eigenvalue weighted by Gasteiger charge is -2.47. The molecule has 3 nitrogen and oxygen atoms in total. The van der Waals surface area contributed by atoms with Crippen LogP contribution in [0.2, 0.25) is 0 Å². The summed E-state index contributed by atoms with van der Waals surface area (Å²) in [6, 6.07) is 13.5. The van der Waals surface area contributed by atoms with Crippen LogP contribution in [0.5, 0.6) is 0 Å². The Morgan fingerprint density at radius 3 is 2.58 bits per heavy atom. The van der Waals surface area contributed by atoms with Crippen molar-refractivity contribution >= 4 is 17.1 Å². The standard InChI is InChI=1S/C21H27N3/c1-13-9-17-18(10-16(13)22)24-19(12-23-17)21(4)11-14-7-5-6-8-15(14)20(21,2)3/h5-10,19,23-24H,11-12,22H2,1-4H3/t19-,21-/m0/s1. The molecule has 0 saturated carbocycles. The third-order valence-corrected chi connectivity index (χ3v) is 6.68. The molecule has 0 aromatic heterocycles. The molecular weight excluding hydrogens is 294 g/mol. The topological polar surface area (TPSA) is 50.1 Å². The van der Waals surface area contributed by atoms with Crippen LogP contribution in [0.4, 0.5) is 17.1 Å². The third-order valence-electron chi connectivity index (χ3n) is 6.68. The van der Waals surface area contributed by atoms with Gasteiger partial charge in [-0.2, -0.15) is 0 Å². The highest BCUT2D eigenvalue weighted by molar-refractivity contribution is 5.77. The lowest BCUT2D eigenvalue weighted by atomic mass is 9.62. The van der Waals surface area contributed by atoms with Crippen LogP contribution in [-0.2, 0) is 11.8 Å². The Labute approximate surface area is 144 Å². The summed E-state index contributed by atoms with van der Waals surface area (Å²) in [5.41, 5.74) is 13.6. The number of hydrogen-bond acceptors (Lipinski definition) is 3. The molecule has 4 rings (SSSR count). The van der Waals surface area contributed by atoms with E-state index in [0.29, 0.717) is 6.04 Å². The van der Waals surface area contributed by atoms with E-state index in [4.69, 9.17) is 5.73 Å². The molecule has 0 spiro atoms. The van der Waals surface area contributed by atoms with Crippen molar-refractivity contribution < 1.29 is 0 Å². The molecule has 0 radical (unpaired) electrons. The number of hydrogen-bond donors (Lipinski definition) is 3. The minimum Gasteiger partial charge on any atom is -0.398 e. The summed E-state index contributed by atoms with van der Waals surface area (Å²) < 4.78 is 0. The molecule has 0 bridgehead atoms. The van der Waals surface area contributed by atoms with Gasteiger partial charge < -0.3 is 16.4 Å². The summed E-state index contributed by atoms with van der Waals surface area (Å²) in [7, 11) is 0. The molecule has 0 unspecified atom stereocenters. The van der Waals surface area contributed by atoms with Crippen LogP contribution < -0.4 is 16.4 Å². The van der Waals surface area contributed by atoms with E-state index in [1.165, 1.54) is 11.1 Å². The van der Waals surface area contributed by atoms with Crippen LogP contribution in [0.1, 0.15) is 37.5 Å². The second-order valence-corrected chi connectivity index (χ2v) is 8.21. The van der Waals surface area contributed by atoms with Crippen LogP contribution in [0.15, 0.2) is 36.4 Å². The van der Waals surface area contributed by atoms with Crippen molar-refractivity contribution in [3.63, 3.8) is 0 Å². The second kappa shape index (κ2) is 4.92. The Bertz CT molecular complexity index is 809. The summed E-state index contributed by atoms with van der Waals surface area (Å²) >= 11 is 0. The van der Waals surface area contributed by atoms with E-state index in [9.17, 15) is 0 Å². The van der Waals surface area contributed by atoms with E-state index < -0.39 is 0 Å². The molecule has 4 N–H and O–H groups in total. The minimum absolute atomic E-state index is 0.122. The van der Waals surface area contributed by atoms with Gasteiger partial charge in [0.1, 0.15) is 0 Å². The van der Waals surface area contributed by atoms with Crippen molar-refractivity contribution in [3.8, 4) is 0 Å². The second-order valence-electron chi connectivity index (χ2n) is 8.21. The average Bonchev–Trinajstić information content (AvgIpc) is 2.76. The Balaban J connectivity index is 1.71. The number of benzene rings is 2. The molecule has 126 valence electrons. The Morgan fingerprint density at radius 1 is 1.08 bits per heavy atom. The Morgan fingerprint density at radius 2 is 1.83 bits per heavy atom. The van der Waals surface area contributed by atoms with Crippen LogP contribution in [0.3, 0.4) is 0 Å². The van der Waals surface area contributed by atoms with Crippen molar-refractivity contribution in [2.24, 2.45) is 5.41 Å². The van der Waals surface area contributed by atoms with Crippen LogP contribution in [0.25, 0.3) is 0 Å². The van der Waals surface area contributed by atoms with Gasteiger partial charge in [-0.1, -0.05) is 45.0 Å². The predicted molar refractivity (Wildman–Crippen MR) is 103 cm³/mol. The highest BCUT2D eigenvalue weighted by Gasteiger charge is 2.53. The number of anilines is 3. The van der Waals surface area contributed by atoms with Gasteiger partial charge in [-0.05, 0) is 47.6 Å². The molecule has 1 aliphatic carbocycles. The first-order valence-corrected chi connectivity index (χ1v) is 8.82. The van der Waals surface area contributed by atoms with Gasteiger partial charge in [0, 0.05) is 23.7 Å². The lowest BCUT2D eigenvalue weighted by Crippen LogP contribution is -2.53. The van der Waals surface area contributed by atoms with Gasteiger partial charge in [0.05, 0.1) is 11.4 Å². The number of nitrogen functional groups attached to an aromatic ring is 1. The minimum atomic E-state index is 0.122. The summed E-state index contributed by atoms with van der Waals surface area (Å²) in [5.74, 6) is 0. The van der Waals surface area contributed by atoms with Crippen LogP contribution in [0, 0.1) is 12.3 Å². The predicted octanol–water partition coefficient (Wildman–Crippen LogP) is 4.32. The van der Waals surface area contributed by atoms with Crippen molar-refractivity contribution in [3.05, 3.63) is 53.1 Å². The number of rotatable bonds is 1. The zero-order valence-corrected chi connectivity index (χ0v) is 15.0. The maximum Gasteiger partial charge on any atom is 0.0599 e. The van der Waals surface area contributed by atoms with Gasteiger partial charge in [-0.25, -0.2) is 0 Å². The summed E-state index contributed by atoms with van der Waals surface area (Å²) in [5, 5.41) is 7.42. The molecule has 24 heavy (non-hydrogen) atoms. The van der Waals surface area contributed by atoms with Crippen molar-refractivity contribution in [2.75, 3.05) is 22.9 Å². The fourth-order valence-electron chi connectivity index (χ4n) is 4.59. The van der Waals surface area contributed by atoms with E-state index >= 15 is 0 Å². The molecule has 1 heterocycles. The van der Waals surface area contributed by atoms with Gasteiger partial charge in [-0.15, -0.1) is 0 Å². The number of nitrogens with two attached hydrogens (primary N) is 1. The number of fused-ring (bicyclic) bond motifs is 2. The molecule has 2 aromatic carbocycles. The van der Waals surface area contributed by atoms with Crippen molar-refractivity contribution in [1.82, 2.24) is 0 Å². The highest BCUT2D eigenvalue weighted by Crippen LogP contribution is 2.54. The molecule has 0 fully saturated rings. The number of aryl methyl sites for hydroxylation is 1. The van der Waals surface area contributed by atoms with E-state index in [1.54, 1.807) is 0 Å². The number of nitrogens with one attached hydrogen (secondary N) is 2. The quantitative estimate of drug-likeness (QED) is 0.686. The first-order chi connectivity index (χ1) is 11.3. The molecule has 2 atom stereocenters. The van der Waals surface area contributed by atoms with Gasteiger partial charge >= 0.3 is 0 Å². The van der Waals surface area contributed by atoms with Gasteiger partial charge in [0.25, 0.3) is 0 Å². The monoisotopic (exact) mass is 321 g/mol. The SMILES string of the molecule is Cc1cc2c(cc1N)N[C@H]([C@]1(C)Cc3ccccc3C1(C)C)CN2. The third kappa shape index (κ3) is 1.97. The molecule has 3 heteroatoms. The average molecular weight is 321 g/mol. The van der Waals surface area contributed by atoms with Crippen molar-refractivity contribution in [2.45, 2.75) is 45.6 Å². The largest absolute Gasteiger partial charge is 0.398 e. The summed E-state index contributed by atoms with van der Waals surface area (Å²) in [6.45, 7) is 10.2. The van der Waals surface area contributed by atoms with Gasteiger partial charge in [-0.3, -0.25) is 0 Å². The molecule has 2 aliphatic rings. The van der Waals surface area contributed by atoms with Crippen LogP contribution >= 0.6 is 0 Å². The van der Waals surface area contributed by atoms with E-state index in [1.807, 2.05) is 0 Å².